The van der Waals surface area contributed by atoms with Crippen molar-refractivity contribution in [3.63, 3.8) is 0 Å². The lowest BCUT2D eigenvalue weighted by Gasteiger charge is -2.33. The average molecular weight is 356 g/mol. The Labute approximate surface area is 145 Å². The molecule has 1 saturated heterocycles. The van der Waals surface area contributed by atoms with Gasteiger partial charge in [0, 0.05) is 30.8 Å². The average Bonchev–Trinajstić information content (AvgIpc) is 2.54. The molecule has 1 aromatic carbocycles. The fraction of sp³-hybridized carbons (Fsp3) is 0.529. The first-order valence-electron chi connectivity index (χ1n) is 8.18. The van der Waals surface area contributed by atoms with E-state index in [1.54, 1.807) is 17.1 Å². The first kappa shape index (κ1) is 19.2. The molecule has 1 aromatic rings. The molecule has 0 bridgehead atoms. The van der Waals surface area contributed by atoms with Crippen molar-refractivity contribution < 1.29 is 17.9 Å². The van der Waals surface area contributed by atoms with Crippen LogP contribution in [0.15, 0.2) is 34.4 Å². The third kappa shape index (κ3) is 5.45. The number of benzene rings is 1. The van der Waals surface area contributed by atoms with Crippen molar-refractivity contribution in [2.24, 2.45) is 10.1 Å². The lowest BCUT2D eigenvalue weighted by atomic mass is 9.89. The topological polar surface area (TPSA) is 49.2 Å². The highest BCUT2D eigenvalue weighted by atomic mass is 19.4. The summed E-state index contributed by atoms with van der Waals surface area (Å²) in [6.45, 7) is 8.54. The van der Waals surface area contributed by atoms with Crippen LogP contribution in [0.4, 0.5) is 13.2 Å². The third-order valence-electron chi connectivity index (χ3n) is 3.87. The van der Waals surface area contributed by atoms with Crippen molar-refractivity contribution in [2.45, 2.75) is 45.0 Å². The molecule has 25 heavy (non-hydrogen) atoms. The van der Waals surface area contributed by atoms with Crippen LogP contribution < -0.4 is 10.1 Å². The highest BCUT2D eigenvalue weighted by molar-refractivity contribution is 5.90. The van der Waals surface area contributed by atoms with Crippen LogP contribution in [0.5, 0.6) is 5.75 Å². The van der Waals surface area contributed by atoms with Gasteiger partial charge in [-0.2, -0.15) is 5.10 Å². The number of ether oxygens (including phenoxy) is 1. The highest BCUT2D eigenvalue weighted by Crippen LogP contribution is 2.37. The minimum Gasteiger partial charge on any atom is -0.405 e. The largest absolute Gasteiger partial charge is 0.573 e. The molecule has 1 aliphatic heterocycles. The van der Waals surface area contributed by atoms with Crippen molar-refractivity contribution in [3.8, 4) is 5.75 Å². The van der Waals surface area contributed by atoms with Gasteiger partial charge >= 0.3 is 6.36 Å². The predicted molar refractivity (Wildman–Crippen MR) is 91.9 cm³/mol. The molecule has 8 heteroatoms. The molecule has 1 aliphatic rings. The van der Waals surface area contributed by atoms with Gasteiger partial charge in [0.05, 0.1) is 6.67 Å². The number of rotatable bonds is 6. The van der Waals surface area contributed by atoms with E-state index in [1.165, 1.54) is 12.1 Å². The number of hydrogen-bond donors (Lipinski definition) is 1. The second-order valence-corrected chi connectivity index (χ2v) is 6.08. The number of piperidine rings is 1. The van der Waals surface area contributed by atoms with Crippen LogP contribution >= 0.6 is 0 Å². The Bertz CT molecular complexity index is 616. The molecule has 1 fully saturated rings. The number of hydrogen-bond acceptors (Lipinski definition) is 4. The van der Waals surface area contributed by atoms with E-state index in [0.717, 1.165) is 6.42 Å². The van der Waals surface area contributed by atoms with E-state index < -0.39 is 6.36 Å². The van der Waals surface area contributed by atoms with Gasteiger partial charge in [0.25, 0.3) is 0 Å². The minimum atomic E-state index is -4.74. The van der Waals surface area contributed by atoms with E-state index in [9.17, 15) is 13.2 Å². The zero-order valence-corrected chi connectivity index (χ0v) is 14.4. The Hall–Kier alpha value is -2.09. The fourth-order valence-corrected chi connectivity index (χ4v) is 2.79. The molecule has 0 saturated carbocycles. The molecule has 0 aromatic heterocycles. The quantitative estimate of drug-likeness (QED) is 0.790. The summed E-state index contributed by atoms with van der Waals surface area (Å²) in [6.07, 6.45) is -3.29. The van der Waals surface area contributed by atoms with E-state index in [2.05, 4.69) is 26.9 Å². The molecule has 138 valence electrons. The molecule has 5 nitrogen and oxygen atoms in total. The summed E-state index contributed by atoms with van der Waals surface area (Å²) in [4.78, 5) is 4.53. The van der Waals surface area contributed by atoms with E-state index in [-0.39, 0.29) is 17.7 Å². The molecule has 1 atom stereocenters. The summed E-state index contributed by atoms with van der Waals surface area (Å²) in [6, 6.07) is 6.44. The molecule has 1 N–H and O–H groups in total. The van der Waals surface area contributed by atoms with Gasteiger partial charge < -0.3 is 4.74 Å². The van der Waals surface area contributed by atoms with E-state index in [1.807, 2.05) is 13.8 Å². The Morgan fingerprint density at radius 3 is 2.72 bits per heavy atom. The smallest absolute Gasteiger partial charge is 0.405 e. The molecule has 1 unspecified atom stereocenters. The van der Waals surface area contributed by atoms with Gasteiger partial charge in [-0.05, 0) is 32.8 Å². The van der Waals surface area contributed by atoms with Gasteiger partial charge in [-0.25, -0.2) is 0 Å². The molecular weight excluding hydrogens is 333 g/mol. The van der Waals surface area contributed by atoms with Gasteiger partial charge in [0.15, 0.2) is 0 Å². The normalized spacial score (nSPS) is 20.2. The lowest BCUT2D eigenvalue weighted by Crippen LogP contribution is -2.38. The third-order valence-corrected chi connectivity index (χ3v) is 3.87. The number of halogens is 3. The maximum atomic E-state index is 12.7. The Kier molecular flexibility index (Phi) is 6.41. The molecule has 0 aliphatic carbocycles. The minimum absolute atomic E-state index is 0.199. The van der Waals surface area contributed by atoms with Crippen LogP contribution in [0, 0.1) is 0 Å². The van der Waals surface area contributed by atoms with Crippen LogP contribution in [0.3, 0.4) is 0 Å². The maximum absolute atomic E-state index is 12.7. The van der Waals surface area contributed by atoms with Gasteiger partial charge in [0.1, 0.15) is 11.6 Å². The summed E-state index contributed by atoms with van der Waals surface area (Å²) in [7, 11) is 0. The Morgan fingerprint density at radius 2 is 2.08 bits per heavy atom. The molecule has 2 rings (SSSR count). The van der Waals surface area contributed by atoms with Gasteiger partial charge in [-0.3, -0.25) is 15.3 Å². The van der Waals surface area contributed by atoms with Crippen molar-refractivity contribution in [3.05, 3.63) is 29.8 Å². The fourth-order valence-electron chi connectivity index (χ4n) is 2.79. The van der Waals surface area contributed by atoms with E-state index >= 15 is 0 Å². The number of amidine groups is 1. The zero-order chi connectivity index (χ0) is 18.4. The standard InChI is InChI=1S/C17H23F3N4O/c1-12(2)22-11-23-16-14(8-6-10-24(16)21-3)13-7-4-5-9-15(13)25-17(18,19)20/h4-5,7,9,12,14,22H,3,6,8,10-11H2,1-2H3. The number of aliphatic imine (C=N–C) groups is 1. The molecule has 0 amide bonds. The van der Waals surface area contributed by atoms with Gasteiger partial charge in [-0.1, -0.05) is 18.2 Å². The maximum Gasteiger partial charge on any atom is 0.573 e. The SMILES string of the molecule is C=NN1CCCC(c2ccccc2OC(F)(F)F)C1=NCNC(C)C. The lowest BCUT2D eigenvalue weighted by molar-refractivity contribution is -0.274. The summed E-state index contributed by atoms with van der Waals surface area (Å²) in [5.74, 6) is 0.0785. The van der Waals surface area contributed by atoms with Crippen LogP contribution in [-0.2, 0) is 0 Å². The number of nitrogens with zero attached hydrogens (tertiary/aromatic N) is 3. The van der Waals surface area contributed by atoms with Gasteiger partial charge in [0.2, 0.25) is 0 Å². The van der Waals surface area contributed by atoms with Crippen LogP contribution in [0.25, 0.3) is 0 Å². The second-order valence-electron chi connectivity index (χ2n) is 6.08. The van der Waals surface area contributed by atoms with Crippen molar-refractivity contribution in [1.82, 2.24) is 10.3 Å². The van der Waals surface area contributed by atoms with E-state index in [4.69, 9.17) is 0 Å². The monoisotopic (exact) mass is 356 g/mol. The summed E-state index contributed by atoms with van der Waals surface area (Å²) in [5, 5.41) is 8.80. The van der Waals surface area contributed by atoms with E-state index in [0.29, 0.717) is 31.0 Å². The van der Waals surface area contributed by atoms with Crippen molar-refractivity contribution in [1.29, 1.82) is 0 Å². The molecule has 0 spiro atoms. The summed E-state index contributed by atoms with van der Waals surface area (Å²) < 4.78 is 42.4. The number of nitrogens with one attached hydrogen (secondary N) is 1. The molecule has 1 heterocycles. The zero-order valence-electron chi connectivity index (χ0n) is 14.4. The second kappa shape index (κ2) is 8.33. The Balaban J connectivity index is 2.35. The summed E-state index contributed by atoms with van der Waals surface area (Å²) >= 11 is 0. The predicted octanol–water partition coefficient (Wildman–Crippen LogP) is 3.73. The first-order valence-corrected chi connectivity index (χ1v) is 8.18. The Morgan fingerprint density at radius 1 is 1.36 bits per heavy atom. The van der Waals surface area contributed by atoms with Gasteiger partial charge in [-0.15, -0.1) is 13.2 Å². The molecular formula is C17H23F3N4O. The van der Waals surface area contributed by atoms with Crippen molar-refractivity contribution in [2.75, 3.05) is 13.2 Å². The molecule has 0 radical (unpaired) electrons. The van der Waals surface area contributed by atoms with Crippen molar-refractivity contribution >= 4 is 12.6 Å². The number of hydrazone groups is 1. The number of para-hydroxylation sites is 1. The number of alkyl halides is 3. The van der Waals surface area contributed by atoms with Crippen LogP contribution in [-0.4, -0.2) is 43.2 Å². The summed E-state index contributed by atoms with van der Waals surface area (Å²) in [5.41, 5.74) is 0.455. The highest BCUT2D eigenvalue weighted by Gasteiger charge is 2.35. The first-order chi connectivity index (χ1) is 11.8. The van der Waals surface area contributed by atoms with Crippen LogP contribution in [0.2, 0.25) is 0 Å². The van der Waals surface area contributed by atoms with Crippen LogP contribution in [0.1, 0.15) is 38.2 Å².